The predicted octanol–water partition coefficient (Wildman–Crippen LogP) is 9.91. The van der Waals surface area contributed by atoms with Crippen molar-refractivity contribution in [3.05, 3.63) is 24.3 Å². The first kappa shape index (κ1) is 38.7. The summed E-state index contributed by atoms with van der Waals surface area (Å²) in [6.45, 7) is 29.1. The van der Waals surface area contributed by atoms with Gasteiger partial charge in [0.2, 0.25) is 8.32 Å². The van der Waals surface area contributed by atoms with Gasteiger partial charge in [0.1, 0.15) is 0 Å². The summed E-state index contributed by atoms with van der Waals surface area (Å²) in [6, 6.07) is 0. The van der Waals surface area contributed by atoms with Crippen molar-refractivity contribution in [1.29, 1.82) is 0 Å². The molecule has 0 unspecified atom stereocenters. The fourth-order valence-electron chi connectivity index (χ4n) is 5.45. The molecule has 0 aromatic heterocycles. The highest BCUT2D eigenvalue weighted by atomic mass is 28.4. The van der Waals surface area contributed by atoms with Gasteiger partial charge in [0, 0.05) is 12.3 Å². The van der Waals surface area contributed by atoms with Crippen LogP contribution in [-0.4, -0.2) is 57.6 Å². The first-order valence-corrected chi connectivity index (χ1v) is 29.9. The Balaban J connectivity index is 3.13. The number of unbranched alkanes of at least 4 members (excludes halogenated alkanes) is 3. The summed E-state index contributed by atoms with van der Waals surface area (Å²) in [5.41, 5.74) is 0. The molecule has 0 N–H and O–H groups in total. The molecule has 1 fully saturated rings. The first-order valence-electron chi connectivity index (χ1n) is 16.3. The van der Waals surface area contributed by atoms with Crippen molar-refractivity contribution < 1.29 is 22.5 Å². The number of rotatable bonds is 19. The molecule has 0 radical (unpaired) electrons. The first-order chi connectivity index (χ1) is 18.7. The van der Waals surface area contributed by atoms with E-state index >= 15 is 0 Å². The van der Waals surface area contributed by atoms with E-state index < -0.39 is 33.3 Å². The maximum absolute atomic E-state index is 12.1. The lowest BCUT2D eigenvalue weighted by molar-refractivity contribution is -0.135. The molecule has 0 aromatic carbocycles. The number of hydrogen-bond acceptors (Lipinski definition) is 5. The summed E-state index contributed by atoms with van der Waals surface area (Å²) < 4.78 is 25.9. The summed E-state index contributed by atoms with van der Waals surface area (Å²) in [6.07, 6.45) is 18.8. The largest absolute Gasteiger partial charge is 0.520 e. The molecule has 0 aliphatic heterocycles. The van der Waals surface area contributed by atoms with Crippen molar-refractivity contribution >= 4 is 39.2 Å². The zero-order valence-electron chi connectivity index (χ0n) is 29.1. The van der Waals surface area contributed by atoms with Crippen LogP contribution in [0, 0.1) is 11.8 Å². The van der Waals surface area contributed by atoms with Crippen molar-refractivity contribution in [2.45, 2.75) is 162 Å². The average Bonchev–Trinajstić information content (AvgIpc) is 3.04. The molecule has 9 heteroatoms. The third kappa shape index (κ3) is 18.9. The lowest BCUT2D eigenvalue weighted by Crippen LogP contribution is -2.35. The fourth-order valence-corrected chi connectivity index (χ4v) is 9.69. The van der Waals surface area contributed by atoms with Crippen LogP contribution in [0.5, 0.6) is 0 Å². The summed E-state index contributed by atoms with van der Waals surface area (Å²) >= 11 is 0. The molecule has 240 valence electrons. The van der Waals surface area contributed by atoms with Crippen molar-refractivity contribution in [3.8, 4) is 0 Å². The lowest BCUT2D eigenvalue weighted by atomic mass is 9.89. The topological polar surface area (TPSA) is 54.0 Å². The minimum atomic E-state index is -1.81. The Hall–Kier alpha value is -0.302. The van der Waals surface area contributed by atoms with E-state index in [1.807, 2.05) is 0 Å². The second-order valence-corrected chi connectivity index (χ2v) is 33.7. The van der Waals surface area contributed by atoms with E-state index in [4.69, 9.17) is 17.7 Å². The van der Waals surface area contributed by atoms with Gasteiger partial charge in [-0.15, -0.1) is 0 Å². The number of carbonyl (C=O) groups is 1. The Labute approximate surface area is 258 Å². The zero-order chi connectivity index (χ0) is 31.5. The van der Waals surface area contributed by atoms with Crippen LogP contribution in [0.15, 0.2) is 24.3 Å². The molecule has 0 aromatic rings. The molecule has 0 heterocycles. The molecule has 0 saturated heterocycles. The van der Waals surface area contributed by atoms with Gasteiger partial charge in [-0.1, -0.05) is 50.5 Å². The van der Waals surface area contributed by atoms with E-state index in [-0.39, 0.29) is 24.3 Å². The predicted molar refractivity (Wildman–Crippen MR) is 187 cm³/mol. The van der Waals surface area contributed by atoms with Crippen molar-refractivity contribution in [3.63, 3.8) is 0 Å². The van der Waals surface area contributed by atoms with Crippen LogP contribution in [0.1, 0.15) is 64.7 Å². The van der Waals surface area contributed by atoms with E-state index in [0.29, 0.717) is 18.3 Å². The third-order valence-corrected chi connectivity index (χ3v) is 10.6. The Morgan fingerprint density at radius 2 is 1.39 bits per heavy atom. The minimum Gasteiger partial charge on any atom is -0.520 e. The van der Waals surface area contributed by atoms with Crippen LogP contribution in [0.25, 0.3) is 0 Å². The van der Waals surface area contributed by atoms with E-state index in [1.165, 1.54) is 19.3 Å². The molecule has 5 nitrogen and oxygen atoms in total. The van der Waals surface area contributed by atoms with Gasteiger partial charge in [0.15, 0.2) is 25.0 Å². The van der Waals surface area contributed by atoms with Gasteiger partial charge >= 0.3 is 0 Å². The number of carbonyl (C=O) groups excluding carboxylic acids is 1. The summed E-state index contributed by atoms with van der Waals surface area (Å²) in [4.78, 5) is 12.1. The summed E-state index contributed by atoms with van der Waals surface area (Å²) in [5.74, 6) is 0.622. The molecule has 41 heavy (non-hydrogen) atoms. The second-order valence-electron chi connectivity index (χ2n) is 15.8. The van der Waals surface area contributed by atoms with Gasteiger partial charge in [-0.2, -0.15) is 0 Å². The Kier molecular flexibility index (Phi) is 16.3. The molecule has 0 spiro atoms. The minimum absolute atomic E-state index is 0.0532. The average molecular weight is 643 g/mol. The maximum Gasteiger partial charge on any atom is 0.292 e. The van der Waals surface area contributed by atoms with Crippen LogP contribution >= 0.6 is 0 Å². The van der Waals surface area contributed by atoms with Gasteiger partial charge in [-0.05, 0) is 117 Å². The monoisotopic (exact) mass is 642 g/mol. The molecule has 5 atom stereocenters. The third-order valence-electron chi connectivity index (χ3n) is 6.77. The van der Waals surface area contributed by atoms with Gasteiger partial charge in [-0.3, -0.25) is 4.79 Å². The van der Waals surface area contributed by atoms with E-state index in [2.05, 4.69) is 110 Å². The van der Waals surface area contributed by atoms with E-state index in [9.17, 15) is 4.79 Å². The van der Waals surface area contributed by atoms with E-state index in [0.717, 1.165) is 32.1 Å². The molecule has 0 bridgehead atoms. The lowest BCUT2D eigenvalue weighted by Gasteiger charge is -2.30. The highest BCUT2D eigenvalue weighted by Crippen LogP contribution is 2.42. The fraction of sp³-hybridized carbons (Fsp3) is 0.844. The SMILES string of the molecule is CCCCC[C@@H](/C=C/[C@@H]1[C@@H](C/C=C/CCCC(=O)O[Si](C)(C)C)[C@@H](O[Si](C)(C)C)C[C@H]1O[Si](C)(C)C)O[Si](C)(C)C. The molecular weight excluding hydrogens is 577 g/mol. The smallest absolute Gasteiger partial charge is 0.292 e. The van der Waals surface area contributed by atoms with Gasteiger partial charge in [-0.25, -0.2) is 0 Å². The van der Waals surface area contributed by atoms with Gasteiger partial charge < -0.3 is 17.7 Å². The van der Waals surface area contributed by atoms with E-state index in [1.54, 1.807) is 0 Å². The number of hydrogen-bond donors (Lipinski definition) is 0. The Morgan fingerprint density at radius 1 is 0.780 bits per heavy atom. The van der Waals surface area contributed by atoms with Crippen LogP contribution < -0.4 is 0 Å². The zero-order valence-corrected chi connectivity index (χ0v) is 33.1. The normalized spacial score (nSPS) is 23.5. The quantitative estimate of drug-likeness (QED) is 0.0797. The van der Waals surface area contributed by atoms with Crippen LogP contribution in [-0.2, 0) is 22.5 Å². The van der Waals surface area contributed by atoms with Gasteiger partial charge in [0.25, 0.3) is 5.97 Å². The van der Waals surface area contributed by atoms with Crippen LogP contribution in [0.3, 0.4) is 0 Å². The Morgan fingerprint density at radius 3 is 1.93 bits per heavy atom. The molecular formula is C32H66O5Si4. The Bertz CT molecular complexity index is 818. The van der Waals surface area contributed by atoms with Crippen molar-refractivity contribution in [1.82, 2.24) is 0 Å². The molecule has 1 aliphatic carbocycles. The van der Waals surface area contributed by atoms with Crippen LogP contribution in [0.2, 0.25) is 78.6 Å². The highest BCUT2D eigenvalue weighted by Gasteiger charge is 2.45. The van der Waals surface area contributed by atoms with Crippen molar-refractivity contribution in [2.75, 3.05) is 0 Å². The standard InChI is InChI=1S/C32H66O5Si4/c1-14-15-18-21-27(34-38(2,3)4)24-25-29-28(22-19-16-17-20-23-32(33)37-41(11,12)13)30(35-39(5,6)7)26-31(29)36-40(8,9)10/h16,19,24-25,27-31H,14-15,17-18,20-23,26H2,1-13H3/b19-16+,25-24+/t27-,28+,29+,30-,31+/m0/s1. The summed E-state index contributed by atoms with van der Waals surface area (Å²) in [7, 11) is -6.95. The molecule has 0 amide bonds. The second kappa shape index (κ2) is 17.3. The van der Waals surface area contributed by atoms with Crippen LogP contribution in [0.4, 0.5) is 0 Å². The molecule has 1 saturated carbocycles. The van der Waals surface area contributed by atoms with Gasteiger partial charge in [0.05, 0.1) is 18.3 Å². The highest BCUT2D eigenvalue weighted by molar-refractivity contribution is 6.71. The van der Waals surface area contributed by atoms with Crippen molar-refractivity contribution in [2.24, 2.45) is 11.8 Å². The molecule has 1 aliphatic rings. The maximum atomic E-state index is 12.1. The number of allylic oxidation sites excluding steroid dienone is 2. The summed E-state index contributed by atoms with van der Waals surface area (Å²) in [5, 5.41) is 0. The molecule has 1 rings (SSSR count).